The number of benzene rings is 1. The van der Waals surface area contributed by atoms with E-state index in [9.17, 15) is 9.18 Å². The van der Waals surface area contributed by atoms with Gasteiger partial charge in [-0.15, -0.1) is 0 Å². The highest BCUT2D eigenvalue weighted by Gasteiger charge is 2.38. The Labute approximate surface area is 193 Å². The highest BCUT2D eigenvalue weighted by molar-refractivity contribution is 9.10. The van der Waals surface area contributed by atoms with Crippen LogP contribution in [-0.2, 0) is 6.42 Å². The summed E-state index contributed by atoms with van der Waals surface area (Å²) in [5.41, 5.74) is 3.33. The summed E-state index contributed by atoms with van der Waals surface area (Å²) in [5.74, 6) is -0.404. The number of amides is 1. The molecule has 8 nitrogen and oxygen atoms in total. The van der Waals surface area contributed by atoms with Gasteiger partial charge in [-0.2, -0.15) is 5.10 Å². The average Bonchev–Trinajstić information content (AvgIpc) is 3.50. The van der Waals surface area contributed by atoms with Gasteiger partial charge >= 0.3 is 0 Å². The summed E-state index contributed by atoms with van der Waals surface area (Å²) < 4.78 is 21.9. The summed E-state index contributed by atoms with van der Waals surface area (Å²) in [6.07, 6.45) is 5.39. The van der Waals surface area contributed by atoms with E-state index in [0.717, 1.165) is 5.69 Å². The second-order valence-electron chi connectivity index (χ2n) is 7.44. The van der Waals surface area contributed by atoms with Crippen LogP contribution < -0.4 is 0 Å². The highest BCUT2D eigenvalue weighted by atomic mass is 79.9. The first-order valence-electron chi connectivity index (χ1n) is 9.71. The van der Waals surface area contributed by atoms with E-state index < -0.39 is 11.9 Å². The molecule has 0 bridgehead atoms. The van der Waals surface area contributed by atoms with Gasteiger partial charge < -0.3 is 14.3 Å². The zero-order valence-electron chi connectivity index (χ0n) is 16.2. The number of hydrogen-bond donors (Lipinski definition) is 1. The molecular weight excluding hydrogens is 503 g/mol. The van der Waals surface area contributed by atoms with Crippen molar-refractivity contribution in [2.24, 2.45) is 0 Å². The molecule has 5 heterocycles. The lowest BCUT2D eigenvalue weighted by atomic mass is 10.0. The molecule has 0 spiro atoms. The number of nitrogens with one attached hydrogen (secondary N) is 1. The molecule has 1 aromatic carbocycles. The molecule has 0 saturated heterocycles. The molecule has 0 radical (unpaired) electrons. The van der Waals surface area contributed by atoms with Gasteiger partial charge in [-0.05, 0) is 34.1 Å². The van der Waals surface area contributed by atoms with E-state index in [1.165, 1.54) is 24.4 Å². The first-order chi connectivity index (χ1) is 15.5. The number of carbonyl (C=O) groups is 1. The van der Waals surface area contributed by atoms with Crippen molar-refractivity contribution in [3.8, 4) is 0 Å². The van der Waals surface area contributed by atoms with Gasteiger partial charge in [0.25, 0.3) is 5.91 Å². The molecule has 0 aliphatic carbocycles. The molecule has 0 saturated carbocycles. The molecule has 0 unspecified atom stereocenters. The van der Waals surface area contributed by atoms with Crippen LogP contribution in [0.3, 0.4) is 0 Å². The molecule has 1 atom stereocenters. The predicted molar refractivity (Wildman–Crippen MR) is 117 cm³/mol. The average molecular weight is 516 g/mol. The van der Waals surface area contributed by atoms with Crippen LogP contribution in [0, 0.1) is 5.82 Å². The van der Waals surface area contributed by atoms with Gasteiger partial charge in [0.05, 0.1) is 38.8 Å². The quantitative estimate of drug-likeness (QED) is 0.373. The Bertz CT molecular complexity index is 1530. The highest BCUT2D eigenvalue weighted by Crippen LogP contribution is 2.36. The largest absolute Gasteiger partial charge is 0.438 e. The molecule has 4 aromatic heterocycles. The maximum absolute atomic E-state index is 13.7. The van der Waals surface area contributed by atoms with Crippen LogP contribution in [0.4, 0.5) is 4.39 Å². The number of hydrogen-bond acceptors (Lipinski definition) is 5. The molecule has 160 valence electrons. The fourth-order valence-corrected chi connectivity index (χ4v) is 4.54. The van der Waals surface area contributed by atoms with Gasteiger partial charge in [0.15, 0.2) is 11.6 Å². The molecule has 1 amide bonds. The molecule has 11 heteroatoms. The van der Waals surface area contributed by atoms with Crippen molar-refractivity contribution in [2.75, 3.05) is 6.54 Å². The summed E-state index contributed by atoms with van der Waals surface area (Å²) in [5, 5.41) is 4.76. The summed E-state index contributed by atoms with van der Waals surface area (Å²) in [4.78, 5) is 27.4. The molecule has 5 aromatic rings. The molecule has 32 heavy (non-hydrogen) atoms. The molecule has 6 rings (SSSR count). The summed E-state index contributed by atoms with van der Waals surface area (Å²) in [6, 6.07) is 5.14. The van der Waals surface area contributed by atoms with E-state index in [1.807, 2.05) is 0 Å². The Morgan fingerprint density at radius 2 is 2.22 bits per heavy atom. The summed E-state index contributed by atoms with van der Waals surface area (Å²) >= 11 is 9.63. The minimum atomic E-state index is -0.672. The summed E-state index contributed by atoms with van der Waals surface area (Å²) in [7, 11) is 0. The van der Waals surface area contributed by atoms with Crippen LogP contribution in [0.2, 0.25) is 5.02 Å². The third kappa shape index (κ3) is 2.94. The van der Waals surface area contributed by atoms with Crippen molar-refractivity contribution >= 4 is 50.1 Å². The topological polar surface area (TPSA) is 92.3 Å². The van der Waals surface area contributed by atoms with Crippen molar-refractivity contribution < 1.29 is 13.6 Å². The molecule has 1 aliphatic rings. The molecule has 1 aliphatic heterocycles. The lowest BCUT2D eigenvalue weighted by Crippen LogP contribution is -2.40. The Hall–Kier alpha value is -3.24. The van der Waals surface area contributed by atoms with Gasteiger partial charge in [-0.1, -0.05) is 11.6 Å². The zero-order chi connectivity index (χ0) is 22.0. The number of carbonyl (C=O) groups excluding carboxylic acids is 1. The third-order valence-corrected chi connectivity index (χ3v) is 6.75. The predicted octanol–water partition coefficient (Wildman–Crippen LogP) is 4.54. The normalized spacial score (nSPS) is 16.1. The number of nitrogens with zero attached hydrogens (tertiary/aromatic N) is 5. The summed E-state index contributed by atoms with van der Waals surface area (Å²) in [6.45, 7) is 0.410. The number of H-pyrrole nitrogens is 1. The number of imidazole rings is 1. The van der Waals surface area contributed by atoms with E-state index in [1.54, 1.807) is 28.0 Å². The number of halogens is 3. The standard InChI is InChI=1S/C21H13BrClFN6O2/c22-12-8-30-16(6-13(12)23)11(7-27-30)21(31)29-4-3-14-18(26-9-25-14)19(29)20-28-15-5-10(24)1-2-17(15)32-20/h1-2,5-9,19H,3-4H2,(H,25,26)/t19-/m0/s1. The fraction of sp³-hybridized carbons (Fsp3) is 0.143. The van der Waals surface area contributed by atoms with Crippen LogP contribution in [0.25, 0.3) is 16.6 Å². The van der Waals surface area contributed by atoms with Crippen LogP contribution in [-0.4, -0.2) is 41.9 Å². The van der Waals surface area contributed by atoms with Crippen LogP contribution >= 0.6 is 27.5 Å². The smallest absolute Gasteiger partial charge is 0.258 e. The maximum Gasteiger partial charge on any atom is 0.258 e. The van der Waals surface area contributed by atoms with E-state index in [2.05, 4.69) is 36.0 Å². The van der Waals surface area contributed by atoms with E-state index in [4.69, 9.17) is 16.0 Å². The number of aromatic amines is 1. The lowest BCUT2D eigenvalue weighted by molar-refractivity contribution is 0.0669. The number of pyridine rings is 1. The molecule has 1 N–H and O–H groups in total. The van der Waals surface area contributed by atoms with E-state index in [0.29, 0.717) is 50.3 Å². The van der Waals surface area contributed by atoms with Crippen LogP contribution in [0.5, 0.6) is 0 Å². The first-order valence-corrected chi connectivity index (χ1v) is 10.9. The Balaban J connectivity index is 1.48. The van der Waals surface area contributed by atoms with E-state index in [-0.39, 0.29) is 11.8 Å². The zero-order valence-corrected chi connectivity index (χ0v) is 18.6. The minimum Gasteiger partial charge on any atom is -0.438 e. The Morgan fingerprint density at radius 1 is 1.34 bits per heavy atom. The Morgan fingerprint density at radius 3 is 3.09 bits per heavy atom. The van der Waals surface area contributed by atoms with Crippen molar-refractivity contribution in [2.45, 2.75) is 12.5 Å². The van der Waals surface area contributed by atoms with Crippen molar-refractivity contribution in [3.05, 3.63) is 81.1 Å². The maximum atomic E-state index is 13.7. The lowest BCUT2D eigenvalue weighted by Gasteiger charge is -2.32. The monoisotopic (exact) mass is 514 g/mol. The second kappa shape index (κ2) is 7.14. The molecular formula is C21H13BrClFN6O2. The van der Waals surface area contributed by atoms with Crippen LogP contribution in [0.15, 0.2) is 51.9 Å². The van der Waals surface area contributed by atoms with Crippen LogP contribution in [0.1, 0.15) is 33.7 Å². The van der Waals surface area contributed by atoms with Gasteiger partial charge in [-0.25, -0.2) is 18.9 Å². The van der Waals surface area contributed by atoms with Gasteiger partial charge in [0, 0.05) is 30.9 Å². The third-order valence-electron chi connectivity index (χ3n) is 5.58. The molecule has 0 fully saturated rings. The number of fused-ring (bicyclic) bond motifs is 3. The van der Waals surface area contributed by atoms with Gasteiger partial charge in [0.2, 0.25) is 5.89 Å². The Kier molecular flexibility index (Phi) is 4.34. The fourth-order valence-electron chi connectivity index (χ4n) is 4.08. The van der Waals surface area contributed by atoms with Crippen molar-refractivity contribution in [3.63, 3.8) is 0 Å². The van der Waals surface area contributed by atoms with Crippen molar-refractivity contribution in [1.29, 1.82) is 0 Å². The number of aromatic nitrogens is 5. The SMILES string of the molecule is O=C(c1cnn2cc(Br)c(Cl)cc12)N1CCc2[nH]cnc2[C@H]1c1nc2cc(F)ccc2o1. The minimum absolute atomic E-state index is 0.259. The number of rotatable bonds is 2. The van der Waals surface area contributed by atoms with Gasteiger partial charge in [0.1, 0.15) is 11.3 Å². The van der Waals surface area contributed by atoms with Gasteiger partial charge in [-0.3, -0.25) is 4.79 Å². The van der Waals surface area contributed by atoms with E-state index >= 15 is 0 Å². The van der Waals surface area contributed by atoms with Crippen molar-refractivity contribution in [1.82, 2.24) is 29.5 Å². The number of oxazole rings is 1. The first kappa shape index (κ1) is 19.4. The second-order valence-corrected chi connectivity index (χ2v) is 8.70.